The molecule has 0 atom stereocenters. The molecule has 1 aromatic rings. The standard InChI is InChI=1S/C12H17N3O5/c16-9(5-8-6-10(17)15-11(18)14-8)13-7-12(19)1-3-20-4-2-12/h6,19H,1-5,7H2,(H,13,16)(H2,14,15,17,18). The first kappa shape index (κ1) is 14.5. The number of rotatable bonds is 4. The second-order valence-electron chi connectivity index (χ2n) is 4.90. The molecule has 2 rings (SSSR count). The van der Waals surface area contributed by atoms with Crippen molar-refractivity contribution < 1.29 is 14.6 Å². The molecule has 110 valence electrons. The highest BCUT2D eigenvalue weighted by Gasteiger charge is 2.30. The normalized spacial score (nSPS) is 17.6. The van der Waals surface area contributed by atoms with Gasteiger partial charge in [-0.2, -0.15) is 0 Å². The Kier molecular flexibility index (Phi) is 4.35. The number of aromatic nitrogens is 2. The molecule has 1 saturated heterocycles. The summed E-state index contributed by atoms with van der Waals surface area (Å²) in [5.74, 6) is -0.369. The summed E-state index contributed by atoms with van der Waals surface area (Å²) in [5.41, 5.74) is -1.92. The lowest BCUT2D eigenvalue weighted by atomic mass is 9.94. The molecule has 8 heteroatoms. The monoisotopic (exact) mass is 283 g/mol. The Morgan fingerprint density at radius 2 is 2.05 bits per heavy atom. The van der Waals surface area contributed by atoms with E-state index in [2.05, 4.69) is 10.3 Å². The van der Waals surface area contributed by atoms with Crippen molar-refractivity contribution in [3.05, 3.63) is 32.6 Å². The first-order valence-corrected chi connectivity index (χ1v) is 6.36. The number of ether oxygens (including phenoxy) is 1. The van der Waals surface area contributed by atoms with Crippen LogP contribution in [-0.2, 0) is 16.0 Å². The lowest BCUT2D eigenvalue weighted by Gasteiger charge is -2.32. The summed E-state index contributed by atoms with van der Waals surface area (Å²) in [6.45, 7) is 1.06. The van der Waals surface area contributed by atoms with Gasteiger partial charge in [0.25, 0.3) is 5.56 Å². The quantitative estimate of drug-likeness (QED) is 0.522. The molecule has 8 nitrogen and oxygen atoms in total. The number of hydrogen-bond acceptors (Lipinski definition) is 5. The van der Waals surface area contributed by atoms with Gasteiger partial charge >= 0.3 is 5.69 Å². The highest BCUT2D eigenvalue weighted by atomic mass is 16.5. The third kappa shape index (κ3) is 4.04. The SMILES string of the molecule is O=C(Cc1cc(=O)[nH]c(=O)[nH]1)NCC1(O)CCOCC1. The van der Waals surface area contributed by atoms with Crippen LogP contribution in [-0.4, -0.2) is 46.3 Å². The molecule has 4 N–H and O–H groups in total. The van der Waals surface area contributed by atoms with E-state index < -0.39 is 16.9 Å². The van der Waals surface area contributed by atoms with Crippen molar-refractivity contribution in [2.45, 2.75) is 24.9 Å². The summed E-state index contributed by atoms with van der Waals surface area (Å²) < 4.78 is 5.14. The van der Waals surface area contributed by atoms with Crippen LogP contribution >= 0.6 is 0 Å². The zero-order chi connectivity index (χ0) is 14.6. The van der Waals surface area contributed by atoms with Gasteiger partial charge in [-0.15, -0.1) is 0 Å². The van der Waals surface area contributed by atoms with E-state index in [0.717, 1.165) is 6.07 Å². The summed E-state index contributed by atoms with van der Waals surface area (Å²) >= 11 is 0. The smallest absolute Gasteiger partial charge is 0.325 e. The van der Waals surface area contributed by atoms with Gasteiger partial charge in [0.05, 0.1) is 12.0 Å². The summed E-state index contributed by atoms with van der Waals surface area (Å²) in [6, 6.07) is 1.16. The van der Waals surface area contributed by atoms with E-state index in [9.17, 15) is 19.5 Å². The maximum Gasteiger partial charge on any atom is 0.325 e. The Bertz CT molecular complexity index is 557. The predicted octanol–water partition coefficient (Wildman–Crippen LogP) is -1.74. The lowest BCUT2D eigenvalue weighted by Crippen LogP contribution is -2.47. The fourth-order valence-electron chi connectivity index (χ4n) is 2.04. The molecule has 0 bridgehead atoms. The van der Waals surface area contributed by atoms with Gasteiger partial charge in [-0.3, -0.25) is 14.6 Å². The van der Waals surface area contributed by atoms with E-state index in [0.29, 0.717) is 26.1 Å². The highest BCUT2D eigenvalue weighted by Crippen LogP contribution is 2.19. The number of carbonyl (C=O) groups excluding carboxylic acids is 1. The molecule has 0 aliphatic carbocycles. The van der Waals surface area contributed by atoms with Crippen molar-refractivity contribution in [3.63, 3.8) is 0 Å². The van der Waals surface area contributed by atoms with Gasteiger partial charge in [0.15, 0.2) is 0 Å². The Labute approximate surface area is 114 Å². The van der Waals surface area contributed by atoms with Gasteiger partial charge in [0.1, 0.15) is 0 Å². The number of aromatic amines is 2. The van der Waals surface area contributed by atoms with Crippen molar-refractivity contribution in [1.82, 2.24) is 15.3 Å². The zero-order valence-electron chi connectivity index (χ0n) is 10.9. The van der Waals surface area contributed by atoms with Crippen LogP contribution in [0.5, 0.6) is 0 Å². The van der Waals surface area contributed by atoms with E-state index in [1.807, 2.05) is 4.98 Å². The second kappa shape index (κ2) is 6.02. The average molecular weight is 283 g/mol. The molecule has 0 spiro atoms. The lowest BCUT2D eigenvalue weighted by molar-refractivity contribution is -0.123. The minimum atomic E-state index is -0.949. The third-order valence-corrected chi connectivity index (χ3v) is 3.21. The van der Waals surface area contributed by atoms with Crippen LogP contribution in [0.3, 0.4) is 0 Å². The molecule has 2 heterocycles. The molecule has 1 aliphatic rings. The molecule has 0 radical (unpaired) electrons. The predicted molar refractivity (Wildman–Crippen MR) is 69.4 cm³/mol. The molecule has 1 fully saturated rings. The van der Waals surface area contributed by atoms with Crippen LogP contribution < -0.4 is 16.6 Å². The Morgan fingerprint density at radius 3 is 2.70 bits per heavy atom. The fourth-order valence-corrected chi connectivity index (χ4v) is 2.04. The van der Waals surface area contributed by atoms with E-state index in [-0.39, 0.29) is 24.6 Å². The number of aliphatic hydroxyl groups is 1. The molecule has 1 aromatic heterocycles. The van der Waals surface area contributed by atoms with Crippen molar-refractivity contribution in [2.24, 2.45) is 0 Å². The molecule has 1 aliphatic heterocycles. The van der Waals surface area contributed by atoms with Crippen LogP contribution in [0.2, 0.25) is 0 Å². The first-order chi connectivity index (χ1) is 9.47. The van der Waals surface area contributed by atoms with Crippen LogP contribution in [0, 0.1) is 0 Å². The number of nitrogens with one attached hydrogen (secondary N) is 3. The molecule has 20 heavy (non-hydrogen) atoms. The van der Waals surface area contributed by atoms with Crippen molar-refractivity contribution >= 4 is 5.91 Å². The number of H-pyrrole nitrogens is 2. The highest BCUT2D eigenvalue weighted by molar-refractivity contribution is 5.78. The Balaban J connectivity index is 1.89. The molecule has 0 aromatic carbocycles. The summed E-state index contributed by atoms with van der Waals surface area (Å²) in [5, 5.41) is 12.8. The summed E-state index contributed by atoms with van der Waals surface area (Å²) in [4.78, 5) is 38.3. The Hall–Kier alpha value is -1.93. The van der Waals surface area contributed by atoms with Crippen molar-refractivity contribution in [3.8, 4) is 0 Å². The zero-order valence-corrected chi connectivity index (χ0v) is 10.9. The number of carbonyl (C=O) groups is 1. The molecule has 1 amide bonds. The maximum absolute atomic E-state index is 11.7. The summed E-state index contributed by atoms with van der Waals surface area (Å²) in [7, 11) is 0. The summed E-state index contributed by atoms with van der Waals surface area (Å²) in [6.07, 6.45) is 0.815. The fraction of sp³-hybridized carbons (Fsp3) is 0.583. The molecule has 0 saturated carbocycles. The van der Waals surface area contributed by atoms with Crippen molar-refractivity contribution in [2.75, 3.05) is 19.8 Å². The molecule has 0 unspecified atom stereocenters. The van der Waals surface area contributed by atoms with Crippen molar-refractivity contribution in [1.29, 1.82) is 0 Å². The first-order valence-electron chi connectivity index (χ1n) is 6.36. The van der Waals surface area contributed by atoms with Crippen LogP contribution in [0.15, 0.2) is 15.7 Å². The molecular formula is C12H17N3O5. The maximum atomic E-state index is 11.7. The average Bonchev–Trinajstić information content (AvgIpc) is 2.36. The van der Waals surface area contributed by atoms with Gasteiger partial charge in [-0.1, -0.05) is 0 Å². The van der Waals surface area contributed by atoms with Crippen LogP contribution in [0.4, 0.5) is 0 Å². The van der Waals surface area contributed by atoms with Gasteiger partial charge in [-0.25, -0.2) is 4.79 Å². The van der Waals surface area contributed by atoms with E-state index >= 15 is 0 Å². The van der Waals surface area contributed by atoms with E-state index in [4.69, 9.17) is 4.74 Å². The molecular weight excluding hydrogens is 266 g/mol. The largest absolute Gasteiger partial charge is 0.388 e. The number of hydrogen-bond donors (Lipinski definition) is 4. The van der Waals surface area contributed by atoms with Crippen LogP contribution in [0.25, 0.3) is 0 Å². The third-order valence-electron chi connectivity index (χ3n) is 3.21. The van der Waals surface area contributed by atoms with E-state index in [1.54, 1.807) is 0 Å². The van der Waals surface area contributed by atoms with Crippen LogP contribution in [0.1, 0.15) is 18.5 Å². The second-order valence-corrected chi connectivity index (χ2v) is 4.90. The minimum Gasteiger partial charge on any atom is -0.388 e. The topological polar surface area (TPSA) is 124 Å². The number of amides is 1. The van der Waals surface area contributed by atoms with Gasteiger partial charge in [0, 0.05) is 44.4 Å². The van der Waals surface area contributed by atoms with E-state index in [1.165, 1.54) is 0 Å². The minimum absolute atomic E-state index is 0.119. The van der Waals surface area contributed by atoms with Gasteiger partial charge in [0.2, 0.25) is 5.91 Å². The van der Waals surface area contributed by atoms with Gasteiger partial charge in [-0.05, 0) is 0 Å². The Morgan fingerprint density at radius 1 is 1.35 bits per heavy atom. The van der Waals surface area contributed by atoms with Gasteiger partial charge < -0.3 is 20.1 Å².